The molecule has 44 heavy (non-hydrogen) atoms. The molecule has 3 atom stereocenters. The number of sulfonamides is 1. The molecule has 0 aromatic heterocycles. The highest BCUT2D eigenvalue weighted by molar-refractivity contribution is 7.89. The smallest absolute Gasteiger partial charge is 0.323 e. The number of anilines is 2. The highest BCUT2D eigenvalue weighted by atomic mass is 32.2. The summed E-state index contributed by atoms with van der Waals surface area (Å²) in [6.07, 6.45) is -0.665. The van der Waals surface area contributed by atoms with Gasteiger partial charge in [0, 0.05) is 36.4 Å². The van der Waals surface area contributed by atoms with E-state index in [0.29, 0.717) is 28.4 Å². The van der Waals surface area contributed by atoms with Gasteiger partial charge >= 0.3 is 6.03 Å². The minimum Gasteiger partial charge on any atom is -0.497 e. The quantitative estimate of drug-likeness (QED) is 0.326. The summed E-state index contributed by atoms with van der Waals surface area (Å²) in [5, 5.41) is 15.4. The third-order valence-corrected chi connectivity index (χ3v) is 9.53. The SMILES string of the molecule is COc1ccc(NC(=O)Nc2ccc3c(c2)CC(=O)N([C@H](C)CO)C[C@H](C)[C@@H](CN(C)S(=O)(=O)c2ccc(C)cc2)O3)cc1. The molecule has 0 saturated heterocycles. The number of carbonyl (C=O) groups excluding carboxylic acids is 2. The number of aryl methyl sites for hydroxylation is 1. The van der Waals surface area contributed by atoms with Crippen LogP contribution in [0.3, 0.4) is 0 Å². The second-order valence-corrected chi connectivity index (χ2v) is 13.2. The molecule has 0 aliphatic carbocycles. The first-order chi connectivity index (χ1) is 20.9. The van der Waals surface area contributed by atoms with Gasteiger partial charge in [-0.1, -0.05) is 24.6 Å². The van der Waals surface area contributed by atoms with Crippen LogP contribution in [0.15, 0.2) is 71.6 Å². The van der Waals surface area contributed by atoms with Crippen molar-refractivity contribution < 1.29 is 32.6 Å². The number of hydrogen-bond acceptors (Lipinski definition) is 7. The van der Waals surface area contributed by atoms with Gasteiger partial charge in [-0.25, -0.2) is 13.2 Å². The van der Waals surface area contributed by atoms with Crippen LogP contribution >= 0.6 is 0 Å². The van der Waals surface area contributed by atoms with E-state index in [9.17, 15) is 23.1 Å². The fraction of sp³-hybridized carbons (Fsp3) is 0.375. The summed E-state index contributed by atoms with van der Waals surface area (Å²) in [7, 11) is -0.744. The molecule has 0 bridgehead atoms. The molecular weight excluding hydrogens is 584 g/mol. The fourth-order valence-electron chi connectivity index (χ4n) is 4.93. The Hall–Kier alpha value is -4.13. The van der Waals surface area contributed by atoms with Gasteiger partial charge in [0.1, 0.15) is 17.6 Å². The van der Waals surface area contributed by atoms with Crippen LogP contribution in [0.4, 0.5) is 16.2 Å². The number of amides is 3. The number of aliphatic hydroxyl groups excluding tert-OH is 1. The van der Waals surface area contributed by atoms with E-state index in [-0.39, 0.29) is 42.8 Å². The molecule has 1 heterocycles. The number of nitrogens with one attached hydrogen (secondary N) is 2. The van der Waals surface area contributed by atoms with E-state index in [1.165, 1.54) is 11.4 Å². The van der Waals surface area contributed by atoms with Crippen molar-refractivity contribution in [3.05, 3.63) is 77.9 Å². The summed E-state index contributed by atoms with van der Waals surface area (Å²) in [6.45, 7) is 5.59. The van der Waals surface area contributed by atoms with E-state index in [4.69, 9.17) is 9.47 Å². The number of urea groups is 1. The zero-order valence-corrected chi connectivity index (χ0v) is 26.4. The third kappa shape index (κ3) is 7.87. The van der Waals surface area contributed by atoms with Crippen LogP contribution in [0.1, 0.15) is 25.0 Å². The van der Waals surface area contributed by atoms with Crippen LogP contribution < -0.4 is 20.1 Å². The molecule has 0 unspecified atom stereocenters. The Morgan fingerprint density at radius 1 is 1.09 bits per heavy atom. The maximum atomic E-state index is 13.5. The van der Waals surface area contributed by atoms with E-state index in [2.05, 4.69) is 10.6 Å². The molecule has 3 amide bonds. The highest BCUT2D eigenvalue weighted by Gasteiger charge is 2.33. The minimum atomic E-state index is -3.81. The van der Waals surface area contributed by atoms with Gasteiger partial charge in [0.25, 0.3) is 0 Å². The molecule has 3 aromatic rings. The van der Waals surface area contributed by atoms with Crippen LogP contribution in [-0.4, -0.2) is 80.7 Å². The van der Waals surface area contributed by atoms with E-state index in [0.717, 1.165) is 5.56 Å². The lowest BCUT2D eigenvalue weighted by atomic mass is 10.0. The van der Waals surface area contributed by atoms with Crippen molar-refractivity contribution >= 4 is 33.3 Å². The van der Waals surface area contributed by atoms with Gasteiger partial charge in [-0.2, -0.15) is 4.31 Å². The molecule has 0 fully saturated rings. The molecule has 0 spiro atoms. The molecule has 1 aliphatic rings. The van der Waals surface area contributed by atoms with Gasteiger partial charge < -0.3 is 30.1 Å². The number of fused-ring (bicyclic) bond motifs is 1. The predicted octanol–water partition coefficient (Wildman–Crippen LogP) is 4.12. The standard InChI is InChI=1S/C32H40N4O7S/c1-21-6-13-28(14-7-21)44(40,41)35(4)19-30-22(2)18-36(23(3)20-37)31(38)17-24-16-26(10-15-29(24)43-30)34-32(39)33-25-8-11-27(42-5)12-9-25/h6-16,22-23,30,37H,17-20H2,1-5H3,(H2,33,34,39)/t22-,23+,30+/m0/s1. The van der Waals surface area contributed by atoms with E-state index in [1.807, 2.05) is 13.8 Å². The van der Waals surface area contributed by atoms with Crippen molar-refractivity contribution in [1.29, 1.82) is 0 Å². The summed E-state index contributed by atoms with van der Waals surface area (Å²) in [4.78, 5) is 28.0. The molecule has 236 valence electrons. The first-order valence-electron chi connectivity index (χ1n) is 14.4. The largest absolute Gasteiger partial charge is 0.497 e. The number of nitrogens with zero attached hydrogens (tertiary/aromatic N) is 2. The van der Waals surface area contributed by atoms with E-state index >= 15 is 0 Å². The summed E-state index contributed by atoms with van der Waals surface area (Å²) in [6, 6.07) is 17.6. The molecule has 1 aliphatic heterocycles. The molecule has 3 N–H and O–H groups in total. The third-order valence-electron chi connectivity index (χ3n) is 7.69. The van der Waals surface area contributed by atoms with Crippen LogP contribution in [0.25, 0.3) is 0 Å². The van der Waals surface area contributed by atoms with Gasteiger partial charge in [0.2, 0.25) is 15.9 Å². The number of hydrogen-bond donors (Lipinski definition) is 3. The number of benzene rings is 3. The number of methoxy groups -OCH3 is 1. The summed E-state index contributed by atoms with van der Waals surface area (Å²) in [5.41, 5.74) is 2.48. The predicted molar refractivity (Wildman–Crippen MR) is 169 cm³/mol. The normalized spacial score (nSPS) is 17.9. The number of rotatable bonds is 9. The van der Waals surface area contributed by atoms with Gasteiger partial charge in [-0.3, -0.25) is 4.79 Å². The second-order valence-electron chi connectivity index (χ2n) is 11.1. The van der Waals surface area contributed by atoms with E-state index < -0.39 is 28.2 Å². The minimum absolute atomic E-state index is 0.0244. The highest BCUT2D eigenvalue weighted by Crippen LogP contribution is 2.30. The van der Waals surface area contributed by atoms with Crippen LogP contribution in [0, 0.1) is 12.8 Å². The molecule has 0 saturated carbocycles. The van der Waals surface area contributed by atoms with Crippen molar-refractivity contribution in [2.24, 2.45) is 5.92 Å². The lowest BCUT2D eigenvalue weighted by molar-refractivity contribution is -0.134. The monoisotopic (exact) mass is 624 g/mol. The van der Waals surface area contributed by atoms with Gasteiger partial charge in [-0.05, 0) is 68.4 Å². The zero-order valence-electron chi connectivity index (χ0n) is 25.6. The molecule has 4 rings (SSSR count). The Labute approximate surface area is 258 Å². The first-order valence-corrected chi connectivity index (χ1v) is 15.8. The van der Waals surface area contributed by atoms with Gasteiger partial charge in [-0.15, -0.1) is 0 Å². The number of aliphatic hydroxyl groups is 1. The first kappa shape index (κ1) is 32.8. The molecule has 11 nitrogen and oxygen atoms in total. The Morgan fingerprint density at radius 2 is 1.73 bits per heavy atom. The molecule has 3 aromatic carbocycles. The average molecular weight is 625 g/mol. The van der Waals surface area contributed by atoms with Crippen molar-refractivity contribution in [2.75, 3.05) is 44.5 Å². The number of carbonyl (C=O) groups is 2. The van der Waals surface area contributed by atoms with Crippen molar-refractivity contribution in [3.8, 4) is 11.5 Å². The maximum absolute atomic E-state index is 13.5. The van der Waals surface area contributed by atoms with Crippen LogP contribution in [0.2, 0.25) is 0 Å². The number of ether oxygens (including phenoxy) is 2. The van der Waals surface area contributed by atoms with E-state index in [1.54, 1.807) is 85.7 Å². The van der Waals surface area contributed by atoms with Gasteiger partial charge in [0.05, 0.1) is 37.6 Å². The number of likely N-dealkylation sites (N-methyl/N-ethyl adjacent to an activating group) is 1. The molecular formula is C32H40N4O7S. The lowest BCUT2D eigenvalue weighted by Crippen LogP contribution is -2.48. The van der Waals surface area contributed by atoms with Crippen molar-refractivity contribution in [1.82, 2.24) is 9.21 Å². The summed E-state index contributed by atoms with van der Waals surface area (Å²) >= 11 is 0. The zero-order chi connectivity index (χ0) is 32.0. The average Bonchev–Trinajstić information content (AvgIpc) is 3.04. The Bertz CT molecular complexity index is 1560. The lowest BCUT2D eigenvalue weighted by Gasteiger charge is -2.33. The van der Waals surface area contributed by atoms with Gasteiger partial charge in [0.15, 0.2) is 0 Å². The second kappa shape index (κ2) is 14.1. The van der Waals surface area contributed by atoms with Crippen LogP contribution in [-0.2, 0) is 21.2 Å². The maximum Gasteiger partial charge on any atom is 0.323 e. The Morgan fingerprint density at radius 3 is 2.36 bits per heavy atom. The summed E-state index contributed by atoms with van der Waals surface area (Å²) in [5.74, 6) is 0.567. The van der Waals surface area contributed by atoms with Crippen molar-refractivity contribution in [3.63, 3.8) is 0 Å². The Kier molecular flexibility index (Phi) is 10.5. The Balaban J connectivity index is 1.60. The van der Waals surface area contributed by atoms with Crippen LogP contribution in [0.5, 0.6) is 11.5 Å². The molecule has 0 radical (unpaired) electrons. The fourth-order valence-corrected chi connectivity index (χ4v) is 6.12. The molecule has 12 heteroatoms. The van der Waals surface area contributed by atoms with Crippen molar-refractivity contribution in [2.45, 2.75) is 44.2 Å². The summed E-state index contributed by atoms with van der Waals surface area (Å²) < 4.78 is 39.6. The topological polar surface area (TPSA) is 138 Å².